The van der Waals surface area contributed by atoms with Crippen molar-refractivity contribution in [2.24, 2.45) is 4.99 Å². The Labute approximate surface area is 180 Å². The van der Waals surface area contributed by atoms with Gasteiger partial charge in [-0.3, -0.25) is 0 Å². The molecular formula is C21H34IN3O2. The summed E-state index contributed by atoms with van der Waals surface area (Å²) in [5.74, 6) is 1.91. The van der Waals surface area contributed by atoms with E-state index in [1.807, 2.05) is 0 Å². The number of aliphatic hydroxyl groups excluding tert-OH is 1. The SMILES string of the molecule is CCNC(=NCc1cccc(OC2CCCCC2)c1)N1CCC(O)CC1.I. The van der Waals surface area contributed by atoms with Crippen molar-refractivity contribution in [2.45, 2.75) is 70.6 Å². The largest absolute Gasteiger partial charge is 0.490 e. The summed E-state index contributed by atoms with van der Waals surface area (Å²) in [6.45, 7) is 5.30. The van der Waals surface area contributed by atoms with Crippen LogP contribution in [0.1, 0.15) is 57.4 Å². The monoisotopic (exact) mass is 487 g/mol. The summed E-state index contributed by atoms with van der Waals surface area (Å²) in [6, 6.07) is 8.36. The molecule has 1 heterocycles. The van der Waals surface area contributed by atoms with Crippen LogP contribution >= 0.6 is 24.0 Å². The second-order valence-corrected chi connectivity index (χ2v) is 7.41. The van der Waals surface area contributed by atoms with E-state index in [4.69, 9.17) is 9.73 Å². The molecule has 0 spiro atoms. The quantitative estimate of drug-likeness (QED) is 0.376. The fourth-order valence-corrected chi connectivity index (χ4v) is 3.76. The number of benzene rings is 1. The molecule has 2 fully saturated rings. The first-order valence-electron chi connectivity index (χ1n) is 10.2. The molecule has 0 aromatic heterocycles. The number of nitrogens with zero attached hydrogens (tertiary/aromatic N) is 2. The van der Waals surface area contributed by atoms with Gasteiger partial charge in [0.15, 0.2) is 5.96 Å². The van der Waals surface area contributed by atoms with Gasteiger partial charge >= 0.3 is 0 Å². The van der Waals surface area contributed by atoms with Crippen LogP contribution in [0.25, 0.3) is 0 Å². The number of halogens is 1. The molecule has 0 bridgehead atoms. The molecule has 1 aliphatic carbocycles. The molecule has 27 heavy (non-hydrogen) atoms. The predicted octanol–water partition coefficient (Wildman–Crippen LogP) is 3.94. The minimum Gasteiger partial charge on any atom is -0.490 e. The summed E-state index contributed by atoms with van der Waals surface area (Å²) >= 11 is 0. The molecule has 1 aliphatic heterocycles. The average molecular weight is 487 g/mol. The van der Waals surface area contributed by atoms with Crippen LogP contribution < -0.4 is 10.1 Å². The number of nitrogens with one attached hydrogen (secondary N) is 1. The van der Waals surface area contributed by atoms with E-state index in [2.05, 4.69) is 41.4 Å². The van der Waals surface area contributed by atoms with E-state index in [-0.39, 0.29) is 30.1 Å². The Morgan fingerprint density at radius 1 is 1.19 bits per heavy atom. The predicted molar refractivity (Wildman–Crippen MR) is 121 cm³/mol. The molecular weight excluding hydrogens is 453 g/mol. The first kappa shape index (κ1) is 22.3. The highest BCUT2D eigenvalue weighted by molar-refractivity contribution is 14.0. The van der Waals surface area contributed by atoms with Crippen LogP contribution in [0.5, 0.6) is 5.75 Å². The molecule has 0 radical (unpaired) electrons. The molecule has 2 aliphatic rings. The van der Waals surface area contributed by atoms with Crippen LogP contribution in [0, 0.1) is 0 Å². The molecule has 5 nitrogen and oxygen atoms in total. The van der Waals surface area contributed by atoms with Crippen molar-refractivity contribution in [3.05, 3.63) is 29.8 Å². The van der Waals surface area contributed by atoms with Crippen molar-refractivity contribution in [3.63, 3.8) is 0 Å². The molecule has 1 saturated heterocycles. The van der Waals surface area contributed by atoms with E-state index in [0.29, 0.717) is 12.6 Å². The summed E-state index contributed by atoms with van der Waals surface area (Å²) in [5, 5.41) is 13.1. The van der Waals surface area contributed by atoms with Crippen LogP contribution in [-0.4, -0.2) is 47.8 Å². The van der Waals surface area contributed by atoms with Crippen molar-refractivity contribution in [1.29, 1.82) is 0 Å². The van der Waals surface area contributed by atoms with E-state index in [0.717, 1.165) is 44.2 Å². The number of hydrogen-bond donors (Lipinski definition) is 2. The molecule has 0 amide bonds. The number of likely N-dealkylation sites (tertiary alicyclic amines) is 1. The number of aliphatic imine (C=N–C) groups is 1. The standard InChI is InChI=1S/C21H33N3O2.HI/c1-2-22-21(24-13-11-18(25)12-14-24)23-16-17-7-6-10-20(15-17)26-19-8-4-3-5-9-19;/h6-7,10,15,18-19,25H,2-5,8-9,11-14,16H2,1H3,(H,22,23);1H. The molecule has 3 rings (SSSR count). The van der Waals surface area contributed by atoms with Crippen LogP contribution in [0.4, 0.5) is 0 Å². The van der Waals surface area contributed by atoms with E-state index in [9.17, 15) is 5.11 Å². The molecule has 1 saturated carbocycles. The second-order valence-electron chi connectivity index (χ2n) is 7.41. The number of aliphatic hydroxyl groups is 1. The Hall–Kier alpha value is -1.02. The molecule has 0 unspecified atom stereocenters. The molecule has 1 aromatic rings. The van der Waals surface area contributed by atoms with E-state index in [1.54, 1.807) is 0 Å². The van der Waals surface area contributed by atoms with Gasteiger partial charge in [-0.15, -0.1) is 24.0 Å². The van der Waals surface area contributed by atoms with Crippen LogP contribution in [0.15, 0.2) is 29.3 Å². The molecule has 6 heteroatoms. The van der Waals surface area contributed by atoms with E-state index in [1.165, 1.54) is 37.7 Å². The average Bonchev–Trinajstić information content (AvgIpc) is 2.67. The number of hydrogen-bond acceptors (Lipinski definition) is 3. The van der Waals surface area contributed by atoms with Gasteiger partial charge in [0.1, 0.15) is 5.75 Å². The van der Waals surface area contributed by atoms with Gasteiger partial charge in [0, 0.05) is 19.6 Å². The van der Waals surface area contributed by atoms with Crippen molar-refractivity contribution >= 4 is 29.9 Å². The number of piperidine rings is 1. The zero-order chi connectivity index (χ0) is 18.2. The summed E-state index contributed by atoms with van der Waals surface area (Å²) in [5.41, 5.74) is 1.17. The third-order valence-electron chi connectivity index (χ3n) is 5.26. The van der Waals surface area contributed by atoms with Gasteiger partial charge in [-0.2, -0.15) is 0 Å². The van der Waals surface area contributed by atoms with Gasteiger partial charge in [-0.05, 0) is 63.1 Å². The maximum atomic E-state index is 9.71. The lowest BCUT2D eigenvalue weighted by molar-refractivity contribution is 0.108. The van der Waals surface area contributed by atoms with E-state index >= 15 is 0 Å². The second kappa shape index (κ2) is 11.7. The molecule has 152 valence electrons. The minimum atomic E-state index is -0.164. The highest BCUT2D eigenvalue weighted by Crippen LogP contribution is 2.24. The van der Waals surface area contributed by atoms with Crippen LogP contribution in [-0.2, 0) is 6.54 Å². The van der Waals surface area contributed by atoms with Crippen molar-refractivity contribution in [3.8, 4) is 5.75 Å². The van der Waals surface area contributed by atoms with Crippen LogP contribution in [0.3, 0.4) is 0 Å². The summed E-state index contributed by atoms with van der Waals surface area (Å²) in [6.07, 6.45) is 8.10. The number of guanidine groups is 1. The van der Waals surface area contributed by atoms with Gasteiger partial charge in [-0.1, -0.05) is 18.6 Å². The van der Waals surface area contributed by atoms with Crippen LogP contribution in [0.2, 0.25) is 0 Å². The fourth-order valence-electron chi connectivity index (χ4n) is 3.76. The maximum Gasteiger partial charge on any atom is 0.194 e. The normalized spacial score (nSPS) is 19.5. The van der Waals surface area contributed by atoms with Gasteiger partial charge in [0.2, 0.25) is 0 Å². The Morgan fingerprint density at radius 3 is 2.63 bits per heavy atom. The third kappa shape index (κ3) is 7.14. The highest BCUT2D eigenvalue weighted by Gasteiger charge is 2.19. The van der Waals surface area contributed by atoms with Gasteiger partial charge < -0.3 is 20.1 Å². The lowest BCUT2D eigenvalue weighted by Crippen LogP contribution is -2.46. The zero-order valence-electron chi connectivity index (χ0n) is 16.4. The number of rotatable bonds is 5. The Bertz CT molecular complexity index is 583. The first-order chi connectivity index (χ1) is 12.7. The Balaban J connectivity index is 0.00000261. The summed E-state index contributed by atoms with van der Waals surface area (Å²) in [7, 11) is 0. The fraction of sp³-hybridized carbons (Fsp3) is 0.667. The van der Waals surface area contributed by atoms with Gasteiger partial charge in [0.25, 0.3) is 0 Å². The highest BCUT2D eigenvalue weighted by atomic mass is 127. The lowest BCUT2D eigenvalue weighted by Gasteiger charge is -2.32. The van der Waals surface area contributed by atoms with Crippen molar-refractivity contribution in [2.75, 3.05) is 19.6 Å². The maximum absolute atomic E-state index is 9.71. The topological polar surface area (TPSA) is 57.1 Å². The van der Waals surface area contributed by atoms with Gasteiger partial charge in [-0.25, -0.2) is 4.99 Å². The Morgan fingerprint density at radius 2 is 1.93 bits per heavy atom. The van der Waals surface area contributed by atoms with Crippen molar-refractivity contribution < 1.29 is 9.84 Å². The van der Waals surface area contributed by atoms with E-state index < -0.39 is 0 Å². The molecule has 2 N–H and O–H groups in total. The zero-order valence-corrected chi connectivity index (χ0v) is 18.7. The summed E-state index contributed by atoms with van der Waals surface area (Å²) < 4.78 is 6.18. The molecule has 0 atom stereocenters. The lowest BCUT2D eigenvalue weighted by atomic mass is 9.98. The smallest absolute Gasteiger partial charge is 0.194 e. The Kier molecular flexibility index (Phi) is 9.68. The molecule has 1 aromatic carbocycles. The number of ether oxygens (including phenoxy) is 1. The summed E-state index contributed by atoms with van der Waals surface area (Å²) in [4.78, 5) is 7.06. The van der Waals surface area contributed by atoms with Gasteiger partial charge in [0.05, 0.1) is 18.8 Å². The first-order valence-corrected chi connectivity index (χ1v) is 10.2. The third-order valence-corrected chi connectivity index (χ3v) is 5.26. The van der Waals surface area contributed by atoms with Crippen molar-refractivity contribution in [1.82, 2.24) is 10.2 Å². The minimum absolute atomic E-state index is 0.